The summed E-state index contributed by atoms with van der Waals surface area (Å²) >= 11 is 0. The minimum absolute atomic E-state index is 0.0127. The normalized spacial score (nSPS) is 17.1. The third-order valence-corrected chi connectivity index (χ3v) is 6.51. The number of fused-ring (bicyclic) bond motifs is 1. The number of amides is 2. The summed E-state index contributed by atoms with van der Waals surface area (Å²) in [4.78, 5) is 35.4. The smallest absolute Gasteiger partial charge is 0.246 e. The van der Waals surface area contributed by atoms with Crippen LogP contribution in [0.1, 0.15) is 11.3 Å². The lowest BCUT2D eigenvalue weighted by molar-refractivity contribution is -0.137. The first-order chi connectivity index (χ1) is 17.6. The van der Waals surface area contributed by atoms with Crippen LogP contribution in [-0.4, -0.2) is 94.9 Å². The van der Waals surface area contributed by atoms with Crippen LogP contribution in [0.2, 0.25) is 0 Å². The van der Waals surface area contributed by atoms with Crippen molar-refractivity contribution in [3.63, 3.8) is 0 Å². The van der Waals surface area contributed by atoms with Crippen LogP contribution in [0.4, 0.5) is 0 Å². The molecule has 0 saturated carbocycles. The lowest BCUT2D eigenvalue weighted by Gasteiger charge is -2.35. The molecule has 2 aromatic heterocycles. The summed E-state index contributed by atoms with van der Waals surface area (Å²) in [5.41, 5.74) is 2.68. The van der Waals surface area contributed by atoms with Crippen molar-refractivity contribution in [1.29, 1.82) is 0 Å². The Kier molecular flexibility index (Phi) is 7.58. The maximum absolute atomic E-state index is 12.6. The van der Waals surface area contributed by atoms with Crippen molar-refractivity contribution in [2.75, 3.05) is 59.0 Å². The number of benzene rings is 1. The van der Waals surface area contributed by atoms with Crippen LogP contribution in [0.5, 0.6) is 5.75 Å². The zero-order valence-electron chi connectivity index (χ0n) is 20.3. The Labute approximate surface area is 210 Å². The van der Waals surface area contributed by atoms with Crippen molar-refractivity contribution in [2.24, 2.45) is 0 Å². The van der Waals surface area contributed by atoms with Gasteiger partial charge in [-0.15, -0.1) is 0 Å². The molecule has 9 nitrogen and oxygen atoms in total. The number of imidazole rings is 1. The summed E-state index contributed by atoms with van der Waals surface area (Å²) in [7, 11) is 0. The molecule has 9 heteroatoms. The fourth-order valence-electron chi connectivity index (χ4n) is 4.39. The van der Waals surface area contributed by atoms with E-state index in [1.807, 2.05) is 75.1 Å². The van der Waals surface area contributed by atoms with E-state index in [0.717, 1.165) is 22.7 Å². The summed E-state index contributed by atoms with van der Waals surface area (Å²) in [6.07, 6.45) is 7.35. The van der Waals surface area contributed by atoms with Gasteiger partial charge in [0.2, 0.25) is 11.8 Å². The number of carbonyl (C=O) groups excluding carboxylic acids is 2. The quantitative estimate of drug-likeness (QED) is 0.472. The van der Waals surface area contributed by atoms with E-state index in [-0.39, 0.29) is 11.8 Å². The minimum atomic E-state index is -0.0127. The molecule has 0 N–H and O–H groups in total. The first kappa shape index (κ1) is 24.0. The van der Waals surface area contributed by atoms with Crippen LogP contribution in [-0.2, 0) is 20.9 Å². The van der Waals surface area contributed by atoms with Gasteiger partial charge in [0.1, 0.15) is 18.0 Å². The van der Waals surface area contributed by atoms with Crippen molar-refractivity contribution in [3.05, 3.63) is 72.2 Å². The highest BCUT2D eigenvalue weighted by Crippen LogP contribution is 2.16. The largest absolute Gasteiger partial charge is 0.487 e. The van der Waals surface area contributed by atoms with E-state index in [0.29, 0.717) is 65.6 Å². The SMILES string of the molecule is O=C(C=Cc1ccc(OCc2cn3ccccc3n2)cc1)N1CCN(CC(=O)N2CCOCC2)CC1. The number of hydrogen-bond acceptors (Lipinski definition) is 6. The van der Waals surface area contributed by atoms with E-state index in [2.05, 4.69) is 9.88 Å². The number of aromatic nitrogens is 2. The van der Waals surface area contributed by atoms with Crippen molar-refractivity contribution >= 4 is 23.5 Å². The van der Waals surface area contributed by atoms with Gasteiger partial charge in [-0.25, -0.2) is 4.98 Å². The van der Waals surface area contributed by atoms with Crippen LogP contribution in [0.15, 0.2) is 60.9 Å². The molecule has 5 rings (SSSR count). The highest BCUT2D eigenvalue weighted by atomic mass is 16.5. The van der Waals surface area contributed by atoms with Gasteiger partial charge >= 0.3 is 0 Å². The second kappa shape index (κ2) is 11.4. The topological polar surface area (TPSA) is 79.6 Å². The van der Waals surface area contributed by atoms with Crippen molar-refractivity contribution in [3.8, 4) is 5.75 Å². The van der Waals surface area contributed by atoms with Crippen LogP contribution in [0, 0.1) is 0 Å². The van der Waals surface area contributed by atoms with Gasteiger partial charge in [0.25, 0.3) is 0 Å². The molecule has 2 saturated heterocycles. The summed E-state index contributed by atoms with van der Waals surface area (Å²) in [6, 6.07) is 13.5. The average Bonchev–Trinajstić information content (AvgIpc) is 3.35. The van der Waals surface area contributed by atoms with Gasteiger partial charge in [0, 0.05) is 57.7 Å². The number of hydrogen-bond donors (Lipinski definition) is 0. The highest BCUT2D eigenvalue weighted by Gasteiger charge is 2.24. The third-order valence-electron chi connectivity index (χ3n) is 6.51. The van der Waals surface area contributed by atoms with Crippen LogP contribution in [0.25, 0.3) is 11.7 Å². The number of ether oxygens (including phenoxy) is 2. The predicted octanol–water partition coefficient (Wildman–Crippen LogP) is 1.93. The zero-order valence-corrected chi connectivity index (χ0v) is 20.3. The van der Waals surface area contributed by atoms with E-state index in [9.17, 15) is 9.59 Å². The number of nitrogens with zero attached hydrogens (tertiary/aromatic N) is 5. The molecule has 2 amide bonds. The second-order valence-corrected chi connectivity index (χ2v) is 8.98. The molecule has 0 radical (unpaired) electrons. The Morgan fingerprint density at radius 3 is 2.47 bits per heavy atom. The summed E-state index contributed by atoms with van der Waals surface area (Å²) in [5, 5.41) is 0. The van der Waals surface area contributed by atoms with Crippen molar-refractivity contribution in [2.45, 2.75) is 6.61 Å². The molecule has 4 heterocycles. The van der Waals surface area contributed by atoms with Gasteiger partial charge in [0.05, 0.1) is 25.5 Å². The first-order valence-electron chi connectivity index (χ1n) is 12.3. The van der Waals surface area contributed by atoms with Gasteiger partial charge < -0.3 is 23.7 Å². The van der Waals surface area contributed by atoms with E-state index >= 15 is 0 Å². The fraction of sp³-hybridized carbons (Fsp3) is 0.370. The number of rotatable bonds is 7. The average molecular weight is 490 g/mol. The summed E-state index contributed by atoms with van der Waals surface area (Å²) < 4.78 is 13.1. The molecule has 0 aliphatic carbocycles. The van der Waals surface area contributed by atoms with Gasteiger partial charge in [-0.05, 0) is 35.9 Å². The Hall–Kier alpha value is -3.69. The maximum atomic E-state index is 12.6. The lowest BCUT2D eigenvalue weighted by atomic mass is 10.2. The molecular weight excluding hydrogens is 458 g/mol. The van der Waals surface area contributed by atoms with E-state index in [1.54, 1.807) is 6.08 Å². The van der Waals surface area contributed by atoms with Crippen molar-refractivity contribution < 1.29 is 19.1 Å². The molecule has 2 aliphatic heterocycles. The highest BCUT2D eigenvalue weighted by molar-refractivity contribution is 5.91. The standard InChI is InChI=1S/C27H31N5O4/c33-26(30-13-11-29(12-14-30)20-27(34)31-15-17-35-18-16-31)9-6-22-4-7-24(8-5-22)36-21-23-19-32-10-2-1-3-25(32)28-23/h1-10,19H,11-18,20-21H2. The van der Waals surface area contributed by atoms with Gasteiger partial charge in [-0.1, -0.05) is 18.2 Å². The predicted molar refractivity (Wildman–Crippen MR) is 135 cm³/mol. The molecule has 2 fully saturated rings. The van der Waals surface area contributed by atoms with Gasteiger partial charge in [0.15, 0.2) is 0 Å². The number of carbonyl (C=O) groups is 2. The molecule has 0 atom stereocenters. The molecule has 36 heavy (non-hydrogen) atoms. The molecule has 2 aliphatic rings. The van der Waals surface area contributed by atoms with Crippen LogP contribution >= 0.6 is 0 Å². The monoisotopic (exact) mass is 489 g/mol. The first-order valence-corrected chi connectivity index (χ1v) is 12.3. The van der Waals surface area contributed by atoms with E-state index in [1.165, 1.54) is 0 Å². The number of pyridine rings is 1. The molecule has 0 bridgehead atoms. The minimum Gasteiger partial charge on any atom is -0.487 e. The number of morpholine rings is 1. The molecule has 188 valence electrons. The van der Waals surface area contributed by atoms with Gasteiger partial charge in [-0.2, -0.15) is 0 Å². The molecular formula is C27H31N5O4. The third kappa shape index (κ3) is 6.10. The lowest BCUT2D eigenvalue weighted by Crippen LogP contribution is -2.52. The van der Waals surface area contributed by atoms with Crippen molar-refractivity contribution in [1.82, 2.24) is 24.1 Å². The van der Waals surface area contributed by atoms with E-state index < -0.39 is 0 Å². The van der Waals surface area contributed by atoms with Crippen LogP contribution < -0.4 is 4.74 Å². The Balaban J connectivity index is 1.05. The Morgan fingerprint density at radius 1 is 0.944 bits per heavy atom. The Bertz CT molecular complexity index is 1180. The van der Waals surface area contributed by atoms with Gasteiger partial charge in [-0.3, -0.25) is 14.5 Å². The van der Waals surface area contributed by atoms with Crippen LogP contribution in [0.3, 0.4) is 0 Å². The molecule has 0 unspecified atom stereocenters. The fourth-order valence-corrected chi connectivity index (χ4v) is 4.39. The molecule has 3 aromatic rings. The maximum Gasteiger partial charge on any atom is 0.246 e. The summed E-state index contributed by atoms with van der Waals surface area (Å²) in [6.45, 7) is 5.99. The second-order valence-electron chi connectivity index (χ2n) is 8.98. The molecule has 0 spiro atoms. The zero-order chi connectivity index (χ0) is 24.7. The summed E-state index contributed by atoms with van der Waals surface area (Å²) in [5.74, 6) is 0.878. The van der Waals surface area contributed by atoms with E-state index in [4.69, 9.17) is 9.47 Å². The Morgan fingerprint density at radius 2 is 1.72 bits per heavy atom. The number of piperazine rings is 1. The molecule has 1 aromatic carbocycles.